The summed E-state index contributed by atoms with van der Waals surface area (Å²) in [7, 11) is 0. The van der Waals surface area contributed by atoms with E-state index in [9.17, 15) is 4.79 Å². The molecule has 1 aromatic rings. The van der Waals surface area contributed by atoms with Gasteiger partial charge >= 0.3 is 0 Å². The molecule has 2 aliphatic rings. The number of hydrogen-bond donors (Lipinski definition) is 2. The molecule has 4 nitrogen and oxygen atoms in total. The average Bonchev–Trinajstić information content (AvgIpc) is 3.08. The molecule has 0 spiro atoms. The Morgan fingerprint density at radius 3 is 3.05 bits per heavy atom. The van der Waals surface area contributed by atoms with Crippen LogP contribution < -0.4 is 15.5 Å². The van der Waals surface area contributed by atoms with Gasteiger partial charge in [-0.2, -0.15) is 0 Å². The first-order chi connectivity index (χ1) is 9.33. The highest BCUT2D eigenvalue weighted by Crippen LogP contribution is 2.24. The number of nitrogens with one attached hydrogen (secondary N) is 2. The van der Waals surface area contributed by atoms with Crippen LogP contribution in [0.15, 0.2) is 24.3 Å². The van der Waals surface area contributed by atoms with Gasteiger partial charge in [-0.05, 0) is 44.0 Å². The number of amides is 1. The zero-order chi connectivity index (χ0) is 13.1. The first-order valence-corrected chi connectivity index (χ1v) is 7.20. The third kappa shape index (κ3) is 2.89. The number of rotatable bonds is 4. The highest BCUT2D eigenvalue weighted by atomic mass is 16.2. The minimum Gasteiger partial charge on any atom is -0.383 e. The van der Waals surface area contributed by atoms with Crippen LogP contribution in [0.5, 0.6) is 0 Å². The fraction of sp³-hybridized carbons (Fsp3) is 0.533. The first kappa shape index (κ1) is 12.5. The molecule has 2 N–H and O–H groups in total. The largest absolute Gasteiger partial charge is 0.383 e. The molecule has 102 valence electrons. The molecule has 19 heavy (non-hydrogen) atoms. The molecule has 0 bridgehead atoms. The maximum Gasteiger partial charge on any atom is 0.227 e. The fourth-order valence-corrected chi connectivity index (χ4v) is 2.88. The van der Waals surface area contributed by atoms with Gasteiger partial charge in [-0.3, -0.25) is 4.79 Å². The van der Waals surface area contributed by atoms with E-state index in [1.807, 2.05) is 17.0 Å². The van der Waals surface area contributed by atoms with Crippen LogP contribution >= 0.6 is 0 Å². The van der Waals surface area contributed by atoms with E-state index in [2.05, 4.69) is 22.8 Å². The van der Waals surface area contributed by atoms with Gasteiger partial charge in [0.25, 0.3) is 0 Å². The van der Waals surface area contributed by atoms with Crippen molar-refractivity contribution in [1.29, 1.82) is 0 Å². The summed E-state index contributed by atoms with van der Waals surface area (Å²) >= 11 is 0. The topological polar surface area (TPSA) is 44.4 Å². The van der Waals surface area contributed by atoms with Crippen molar-refractivity contribution in [1.82, 2.24) is 5.32 Å². The van der Waals surface area contributed by atoms with Crippen molar-refractivity contribution in [3.05, 3.63) is 24.3 Å². The molecular weight excluding hydrogens is 238 g/mol. The summed E-state index contributed by atoms with van der Waals surface area (Å²) in [5.41, 5.74) is 2.12. The number of nitrogens with zero attached hydrogens (tertiary/aromatic N) is 1. The lowest BCUT2D eigenvalue weighted by atomic mass is 10.2. The number of carbonyl (C=O) groups is 1. The molecule has 0 radical (unpaired) electrons. The minimum atomic E-state index is 0.245. The molecule has 1 aromatic carbocycles. The molecule has 0 aliphatic carbocycles. The average molecular weight is 259 g/mol. The van der Waals surface area contributed by atoms with Gasteiger partial charge in [0.2, 0.25) is 5.91 Å². The Hall–Kier alpha value is -1.55. The van der Waals surface area contributed by atoms with Crippen LogP contribution in [0.25, 0.3) is 0 Å². The van der Waals surface area contributed by atoms with Crippen molar-refractivity contribution in [3.8, 4) is 0 Å². The van der Waals surface area contributed by atoms with E-state index in [1.165, 1.54) is 12.8 Å². The molecule has 0 aromatic heterocycles. The van der Waals surface area contributed by atoms with Gasteiger partial charge in [-0.15, -0.1) is 0 Å². The van der Waals surface area contributed by atoms with E-state index in [4.69, 9.17) is 0 Å². The van der Waals surface area contributed by atoms with Crippen LogP contribution in [0.4, 0.5) is 11.4 Å². The molecule has 0 saturated carbocycles. The summed E-state index contributed by atoms with van der Waals surface area (Å²) in [4.78, 5) is 13.6. The second kappa shape index (κ2) is 5.61. The summed E-state index contributed by atoms with van der Waals surface area (Å²) in [5.74, 6) is 0.245. The second-order valence-corrected chi connectivity index (χ2v) is 5.37. The fourth-order valence-electron chi connectivity index (χ4n) is 2.88. The van der Waals surface area contributed by atoms with Gasteiger partial charge in [0.05, 0.1) is 0 Å². The predicted octanol–water partition coefficient (Wildman–Crippen LogP) is 1.98. The molecule has 2 fully saturated rings. The van der Waals surface area contributed by atoms with Crippen LogP contribution in [-0.4, -0.2) is 31.6 Å². The molecule has 1 atom stereocenters. The normalized spacial score (nSPS) is 23.1. The van der Waals surface area contributed by atoms with Crippen molar-refractivity contribution >= 4 is 17.3 Å². The van der Waals surface area contributed by atoms with Crippen LogP contribution in [0, 0.1) is 0 Å². The van der Waals surface area contributed by atoms with Gasteiger partial charge in [0.1, 0.15) is 0 Å². The summed E-state index contributed by atoms with van der Waals surface area (Å²) in [6.45, 7) is 2.94. The molecular formula is C15H21N3O. The summed E-state index contributed by atoms with van der Waals surface area (Å²) in [6, 6.07) is 8.77. The molecule has 2 aliphatic heterocycles. The summed E-state index contributed by atoms with van der Waals surface area (Å²) in [6.07, 6.45) is 4.18. The lowest BCUT2D eigenvalue weighted by Crippen LogP contribution is -2.29. The summed E-state index contributed by atoms with van der Waals surface area (Å²) in [5, 5.41) is 6.94. The number of hydrogen-bond acceptors (Lipinski definition) is 3. The van der Waals surface area contributed by atoms with Gasteiger partial charge < -0.3 is 15.5 Å². The molecule has 2 heterocycles. The minimum absolute atomic E-state index is 0.245. The first-order valence-electron chi connectivity index (χ1n) is 7.20. The third-order valence-corrected chi connectivity index (χ3v) is 3.95. The maximum atomic E-state index is 11.7. The van der Waals surface area contributed by atoms with Crippen molar-refractivity contribution in [2.75, 3.05) is 29.9 Å². The predicted molar refractivity (Wildman–Crippen MR) is 77.5 cm³/mol. The van der Waals surface area contributed by atoms with Crippen molar-refractivity contribution < 1.29 is 4.79 Å². The lowest BCUT2D eigenvalue weighted by Gasteiger charge is -2.18. The Kier molecular flexibility index (Phi) is 3.69. The van der Waals surface area contributed by atoms with Gasteiger partial charge in [0.15, 0.2) is 0 Å². The zero-order valence-corrected chi connectivity index (χ0v) is 11.2. The number of carbonyl (C=O) groups excluding carboxylic acids is 1. The molecule has 2 saturated heterocycles. The molecule has 1 unspecified atom stereocenters. The van der Waals surface area contributed by atoms with E-state index in [-0.39, 0.29) is 5.91 Å². The quantitative estimate of drug-likeness (QED) is 0.869. The molecule has 3 rings (SSSR count). The third-order valence-electron chi connectivity index (χ3n) is 3.95. The van der Waals surface area contributed by atoms with Crippen LogP contribution in [0.1, 0.15) is 25.7 Å². The van der Waals surface area contributed by atoms with Crippen LogP contribution in [-0.2, 0) is 4.79 Å². The Morgan fingerprint density at radius 2 is 2.32 bits per heavy atom. The Balaban J connectivity index is 1.63. The Labute approximate surface area is 114 Å². The summed E-state index contributed by atoms with van der Waals surface area (Å²) < 4.78 is 0. The van der Waals surface area contributed by atoms with E-state index >= 15 is 0 Å². The van der Waals surface area contributed by atoms with Gasteiger partial charge in [-0.1, -0.05) is 6.07 Å². The smallest absolute Gasteiger partial charge is 0.227 e. The number of anilines is 2. The van der Waals surface area contributed by atoms with E-state index in [0.717, 1.165) is 37.4 Å². The van der Waals surface area contributed by atoms with E-state index < -0.39 is 0 Å². The van der Waals surface area contributed by atoms with Crippen molar-refractivity contribution in [3.63, 3.8) is 0 Å². The Morgan fingerprint density at radius 1 is 1.37 bits per heavy atom. The zero-order valence-electron chi connectivity index (χ0n) is 11.2. The van der Waals surface area contributed by atoms with Crippen molar-refractivity contribution in [2.24, 2.45) is 0 Å². The molecule has 4 heteroatoms. The van der Waals surface area contributed by atoms with Gasteiger partial charge in [0, 0.05) is 36.9 Å². The Bertz CT molecular complexity index is 454. The maximum absolute atomic E-state index is 11.7. The van der Waals surface area contributed by atoms with E-state index in [1.54, 1.807) is 0 Å². The van der Waals surface area contributed by atoms with E-state index in [0.29, 0.717) is 12.5 Å². The lowest BCUT2D eigenvalue weighted by molar-refractivity contribution is -0.117. The highest BCUT2D eigenvalue weighted by molar-refractivity contribution is 5.95. The van der Waals surface area contributed by atoms with Crippen LogP contribution in [0.3, 0.4) is 0 Å². The van der Waals surface area contributed by atoms with Gasteiger partial charge in [-0.25, -0.2) is 0 Å². The molecule has 1 amide bonds. The van der Waals surface area contributed by atoms with Crippen molar-refractivity contribution in [2.45, 2.75) is 31.7 Å². The monoisotopic (exact) mass is 259 g/mol. The second-order valence-electron chi connectivity index (χ2n) is 5.37. The standard InChI is InChI=1S/C15H21N3O/c19-15-7-3-9-18(15)14-6-1-4-12(10-14)17-11-13-5-2-8-16-13/h1,4,6,10,13,16-17H,2-3,5,7-9,11H2. The highest BCUT2D eigenvalue weighted by Gasteiger charge is 2.21. The SMILES string of the molecule is O=C1CCCN1c1cccc(NCC2CCCN2)c1. The van der Waals surface area contributed by atoms with Crippen LogP contribution in [0.2, 0.25) is 0 Å². The number of benzene rings is 1.